The maximum atomic E-state index is 12.3. The Labute approximate surface area is 125 Å². The summed E-state index contributed by atoms with van der Waals surface area (Å²) in [5, 5.41) is 0. The van der Waals surface area contributed by atoms with Crippen molar-refractivity contribution in [2.24, 2.45) is 0 Å². The summed E-state index contributed by atoms with van der Waals surface area (Å²) in [5.74, 6) is -0.189. The van der Waals surface area contributed by atoms with Gasteiger partial charge in [0.15, 0.2) is 0 Å². The van der Waals surface area contributed by atoms with Crippen molar-refractivity contribution < 1.29 is 13.2 Å². The third-order valence-electron chi connectivity index (χ3n) is 3.02. The Kier molecular flexibility index (Phi) is 6.02. The van der Waals surface area contributed by atoms with Crippen LogP contribution in [0.2, 0.25) is 0 Å². The van der Waals surface area contributed by atoms with Gasteiger partial charge in [0.2, 0.25) is 0 Å². The number of aryl methyl sites for hydroxylation is 1. The van der Waals surface area contributed by atoms with E-state index >= 15 is 0 Å². The molecule has 0 saturated carbocycles. The van der Waals surface area contributed by atoms with E-state index in [2.05, 4.69) is 6.92 Å². The van der Waals surface area contributed by atoms with Crippen LogP contribution >= 0.6 is 10.7 Å². The largest absolute Gasteiger partial charge is 0.342 e. The number of carbonyl (C=O) groups excluding carboxylic acids is 1. The summed E-state index contributed by atoms with van der Waals surface area (Å²) < 4.78 is 22.8. The molecule has 4 nitrogen and oxygen atoms in total. The molecule has 112 valence electrons. The predicted molar refractivity (Wildman–Crippen MR) is 80.7 cm³/mol. The van der Waals surface area contributed by atoms with Crippen LogP contribution in [0.4, 0.5) is 0 Å². The van der Waals surface area contributed by atoms with Gasteiger partial charge in [-0.3, -0.25) is 4.79 Å². The number of unbranched alkanes of at least 4 members (excludes halogenated alkanes) is 2. The van der Waals surface area contributed by atoms with Crippen molar-refractivity contribution in [2.45, 2.75) is 38.0 Å². The third-order valence-corrected chi connectivity index (χ3v) is 4.36. The van der Waals surface area contributed by atoms with Crippen LogP contribution in [0.3, 0.4) is 0 Å². The van der Waals surface area contributed by atoms with Crippen molar-refractivity contribution in [3.05, 3.63) is 29.3 Å². The molecule has 0 aliphatic carbocycles. The fourth-order valence-electron chi connectivity index (χ4n) is 1.93. The summed E-state index contributed by atoms with van der Waals surface area (Å²) in [6.45, 7) is 4.49. The van der Waals surface area contributed by atoms with E-state index in [1.165, 1.54) is 12.1 Å². The van der Waals surface area contributed by atoms with Crippen LogP contribution in [0.25, 0.3) is 0 Å². The molecule has 0 aliphatic rings. The van der Waals surface area contributed by atoms with Crippen LogP contribution < -0.4 is 0 Å². The van der Waals surface area contributed by atoms with E-state index in [0.29, 0.717) is 17.7 Å². The number of hydrogen-bond acceptors (Lipinski definition) is 3. The van der Waals surface area contributed by atoms with Crippen molar-refractivity contribution in [1.29, 1.82) is 0 Å². The van der Waals surface area contributed by atoms with E-state index in [9.17, 15) is 13.2 Å². The monoisotopic (exact) mass is 317 g/mol. The average Bonchev–Trinajstić information content (AvgIpc) is 2.36. The highest BCUT2D eigenvalue weighted by Crippen LogP contribution is 2.19. The normalized spacial score (nSPS) is 11.4. The average molecular weight is 318 g/mol. The van der Waals surface area contributed by atoms with E-state index in [1.54, 1.807) is 24.9 Å². The topological polar surface area (TPSA) is 54.5 Å². The molecule has 1 aromatic rings. The second kappa shape index (κ2) is 7.09. The molecule has 0 unspecified atom stereocenters. The molecule has 6 heteroatoms. The SMILES string of the molecule is CCCCCN(C)C(=O)c1cc(C)cc(S(=O)(=O)Cl)c1. The zero-order chi connectivity index (χ0) is 15.3. The van der Waals surface area contributed by atoms with Gasteiger partial charge in [-0.15, -0.1) is 0 Å². The quantitative estimate of drug-likeness (QED) is 0.598. The summed E-state index contributed by atoms with van der Waals surface area (Å²) in [7, 11) is 3.23. The summed E-state index contributed by atoms with van der Waals surface area (Å²) in [6, 6.07) is 4.45. The van der Waals surface area contributed by atoms with Gasteiger partial charge in [-0.25, -0.2) is 8.42 Å². The van der Waals surface area contributed by atoms with Gasteiger partial charge in [-0.1, -0.05) is 19.8 Å². The lowest BCUT2D eigenvalue weighted by atomic mass is 10.1. The fourth-order valence-corrected chi connectivity index (χ4v) is 2.79. The molecule has 0 atom stereocenters. The summed E-state index contributed by atoms with van der Waals surface area (Å²) in [4.78, 5) is 13.8. The zero-order valence-corrected chi connectivity index (χ0v) is 13.6. The van der Waals surface area contributed by atoms with Crippen molar-refractivity contribution in [3.8, 4) is 0 Å². The minimum absolute atomic E-state index is 0.0375. The van der Waals surface area contributed by atoms with E-state index in [-0.39, 0.29) is 10.8 Å². The van der Waals surface area contributed by atoms with Gasteiger partial charge < -0.3 is 4.90 Å². The highest BCUT2D eigenvalue weighted by molar-refractivity contribution is 8.13. The molecular weight excluding hydrogens is 298 g/mol. The van der Waals surface area contributed by atoms with E-state index in [0.717, 1.165) is 19.3 Å². The number of rotatable bonds is 6. The van der Waals surface area contributed by atoms with Crippen LogP contribution in [0.5, 0.6) is 0 Å². The Balaban J connectivity index is 2.96. The molecule has 1 rings (SSSR count). The molecular formula is C14H20ClNO3S. The minimum Gasteiger partial charge on any atom is -0.342 e. The summed E-state index contributed by atoms with van der Waals surface area (Å²) in [5.41, 5.74) is 1.04. The standard InChI is InChI=1S/C14H20ClNO3S/c1-4-5-6-7-16(3)14(17)12-8-11(2)9-13(10-12)20(15,18)19/h8-10H,4-7H2,1-3H3. The molecule has 0 radical (unpaired) electrons. The molecule has 0 aliphatic heterocycles. The Morgan fingerprint density at radius 3 is 2.45 bits per heavy atom. The minimum atomic E-state index is -3.83. The Morgan fingerprint density at radius 2 is 1.90 bits per heavy atom. The maximum absolute atomic E-state index is 12.3. The number of benzene rings is 1. The van der Waals surface area contributed by atoms with Crippen LogP contribution in [0.1, 0.15) is 42.1 Å². The van der Waals surface area contributed by atoms with Gasteiger partial charge in [-0.2, -0.15) is 0 Å². The third kappa shape index (κ3) is 4.80. The number of hydrogen-bond donors (Lipinski definition) is 0. The van der Waals surface area contributed by atoms with Crippen LogP contribution in [-0.2, 0) is 9.05 Å². The molecule has 1 amide bonds. The Morgan fingerprint density at radius 1 is 1.25 bits per heavy atom. The van der Waals surface area contributed by atoms with Gasteiger partial charge in [0.05, 0.1) is 4.90 Å². The van der Waals surface area contributed by atoms with E-state index in [1.807, 2.05) is 0 Å². The van der Waals surface area contributed by atoms with Crippen molar-refractivity contribution in [1.82, 2.24) is 4.90 Å². The van der Waals surface area contributed by atoms with Gasteiger partial charge in [0.25, 0.3) is 15.0 Å². The second-order valence-corrected chi connectivity index (χ2v) is 7.47. The highest BCUT2D eigenvalue weighted by Gasteiger charge is 2.17. The van der Waals surface area contributed by atoms with Crippen LogP contribution in [-0.4, -0.2) is 32.8 Å². The van der Waals surface area contributed by atoms with E-state index < -0.39 is 9.05 Å². The number of halogens is 1. The molecule has 0 fully saturated rings. The highest BCUT2D eigenvalue weighted by atomic mass is 35.7. The fraction of sp³-hybridized carbons (Fsp3) is 0.500. The molecule has 20 heavy (non-hydrogen) atoms. The van der Waals surface area contributed by atoms with Crippen LogP contribution in [0, 0.1) is 6.92 Å². The predicted octanol–water partition coefficient (Wildman–Crippen LogP) is 3.18. The molecule has 0 N–H and O–H groups in total. The van der Waals surface area contributed by atoms with Gasteiger partial charge in [0, 0.05) is 29.8 Å². The second-order valence-electron chi connectivity index (χ2n) is 4.91. The summed E-state index contributed by atoms with van der Waals surface area (Å²) >= 11 is 0. The summed E-state index contributed by atoms with van der Waals surface area (Å²) in [6.07, 6.45) is 3.08. The van der Waals surface area contributed by atoms with Crippen molar-refractivity contribution >= 4 is 25.6 Å². The number of carbonyl (C=O) groups is 1. The van der Waals surface area contributed by atoms with Gasteiger partial charge in [0.1, 0.15) is 0 Å². The molecule has 0 heterocycles. The van der Waals surface area contributed by atoms with Gasteiger partial charge in [-0.05, 0) is 37.1 Å². The van der Waals surface area contributed by atoms with Crippen molar-refractivity contribution in [3.63, 3.8) is 0 Å². The van der Waals surface area contributed by atoms with E-state index in [4.69, 9.17) is 10.7 Å². The van der Waals surface area contributed by atoms with Gasteiger partial charge >= 0.3 is 0 Å². The smallest absolute Gasteiger partial charge is 0.261 e. The van der Waals surface area contributed by atoms with Crippen LogP contribution in [0.15, 0.2) is 23.1 Å². The molecule has 0 bridgehead atoms. The molecule has 0 spiro atoms. The molecule has 0 saturated heterocycles. The first kappa shape index (κ1) is 17.0. The lowest BCUT2D eigenvalue weighted by molar-refractivity contribution is 0.0792. The first-order valence-electron chi connectivity index (χ1n) is 6.57. The zero-order valence-electron chi connectivity index (χ0n) is 12.0. The first-order valence-corrected chi connectivity index (χ1v) is 8.88. The lowest BCUT2D eigenvalue weighted by Crippen LogP contribution is -2.27. The maximum Gasteiger partial charge on any atom is 0.261 e. The lowest BCUT2D eigenvalue weighted by Gasteiger charge is -2.17. The Hall–Kier alpha value is -1.07. The molecule has 0 aromatic heterocycles. The number of nitrogens with zero attached hydrogens (tertiary/aromatic N) is 1. The number of amides is 1. The first-order chi connectivity index (χ1) is 9.25. The Bertz CT molecular complexity index is 584. The molecule has 1 aromatic carbocycles. The van der Waals surface area contributed by atoms with Crippen molar-refractivity contribution in [2.75, 3.05) is 13.6 Å².